The zero-order valence-electron chi connectivity index (χ0n) is 31.0. The fourth-order valence-corrected chi connectivity index (χ4v) is 5.45. The highest BCUT2D eigenvalue weighted by Crippen LogP contribution is 2.43. The maximum atomic E-state index is 12.5. The number of phosphoric acid groups is 1. The first kappa shape index (κ1) is 47.7. The number of rotatable bonds is 34. The molecule has 3 atom stereocenters. The van der Waals surface area contributed by atoms with Crippen molar-refractivity contribution >= 4 is 19.8 Å². The number of carbonyl (C=O) groups excluding carboxylic acids is 2. The molecule has 0 saturated carbocycles. The Morgan fingerprint density at radius 2 is 1.32 bits per heavy atom. The van der Waals surface area contributed by atoms with Crippen molar-refractivity contribution in [1.82, 2.24) is 0 Å². The molecule has 0 aromatic carbocycles. The van der Waals surface area contributed by atoms with Crippen LogP contribution in [0, 0.1) is 0 Å². The van der Waals surface area contributed by atoms with Gasteiger partial charge in [-0.15, -0.1) is 0 Å². The van der Waals surface area contributed by atoms with Gasteiger partial charge in [-0.05, 0) is 44.9 Å². The lowest BCUT2D eigenvalue weighted by molar-refractivity contribution is -0.161. The number of aliphatic hydroxyl groups excluding tert-OH is 1. The molecule has 0 aromatic rings. The number of ether oxygens (including phenoxy) is 2. The van der Waals surface area contributed by atoms with Crippen molar-refractivity contribution in [3.05, 3.63) is 60.8 Å². The number of hydrogen-bond donors (Lipinski definition) is 3. The van der Waals surface area contributed by atoms with Gasteiger partial charge in [0.25, 0.3) is 0 Å². The molecule has 0 aliphatic rings. The average Bonchev–Trinajstić information content (AvgIpc) is 3.10. The predicted octanol–water partition coefficient (Wildman–Crippen LogP) is 9.13. The molecule has 288 valence electrons. The van der Waals surface area contributed by atoms with Gasteiger partial charge in [0.05, 0.1) is 19.3 Å². The highest BCUT2D eigenvalue weighted by atomic mass is 31.2. The summed E-state index contributed by atoms with van der Waals surface area (Å²) in [6.45, 7) is 3.38. The van der Waals surface area contributed by atoms with E-state index in [1.54, 1.807) is 0 Å². The molecule has 0 bridgehead atoms. The number of unbranched alkanes of at least 4 members (excludes halogenated alkanes) is 11. The second-order valence-electron chi connectivity index (χ2n) is 12.3. The highest BCUT2D eigenvalue weighted by molar-refractivity contribution is 7.47. The molecule has 50 heavy (non-hydrogen) atoms. The van der Waals surface area contributed by atoms with Gasteiger partial charge in [0.15, 0.2) is 6.10 Å². The van der Waals surface area contributed by atoms with E-state index < -0.39 is 38.6 Å². The fourth-order valence-electron chi connectivity index (χ4n) is 4.69. The van der Waals surface area contributed by atoms with Crippen LogP contribution in [-0.2, 0) is 32.7 Å². The Bertz CT molecular complexity index is 1030. The van der Waals surface area contributed by atoms with Crippen LogP contribution in [-0.4, -0.2) is 60.5 Å². The van der Waals surface area contributed by atoms with Crippen molar-refractivity contribution < 1.29 is 42.7 Å². The summed E-state index contributed by atoms with van der Waals surface area (Å²) in [4.78, 5) is 34.6. The molecular formula is C39H68NO9P. The van der Waals surface area contributed by atoms with Crippen LogP contribution in [0.5, 0.6) is 0 Å². The Kier molecular flexibility index (Phi) is 33.5. The van der Waals surface area contributed by atoms with Gasteiger partial charge in [0.1, 0.15) is 6.61 Å². The monoisotopic (exact) mass is 725 g/mol. The minimum Gasteiger partial charge on any atom is -0.462 e. The number of aliphatic hydroxyl groups is 1. The van der Waals surface area contributed by atoms with Gasteiger partial charge < -0.3 is 25.2 Å². The minimum atomic E-state index is -4.40. The van der Waals surface area contributed by atoms with Crippen molar-refractivity contribution in [3.8, 4) is 0 Å². The molecule has 0 radical (unpaired) electrons. The average molecular weight is 726 g/mol. The SMILES string of the molecule is CC/C=C\C(O)C/C=C/C=C\C/C=C\C/C=C\CCCC(=O)O[C@H](COC(=O)CCCCCCCCCCCCC)COP(=O)(O)OCCN. The summed E-state index contributed by atoms with van der Waals surface area (Å²) in [5.74, 6) is -0.927. The molecule has 0 aliphatic heterocycles. The smallest absolute Gasteiger partial charge is 0.462 e. The van der Waals surface area contributed by atoms with E-state index in [-0.39, 0.29) is 32.6 Å². The van der Waals surface area contributed by atoms with E-state index in [2.05, 4.69) is 19.1 Å². The summed E-state index contributed by atoms with van der Waals surface area (Å²) in [5, 5.41) is 9.74. The lowest BCUT2D eigenvalue weighted by Gasteiger charge is -2.19. The Labute approximate surface area is 302 Å². The molecule has 11 heteroatoms. The number of carbonyl (C=O) groups is 2. The van der Waals surface area contributed by atoms with Crippen LogP contribution in [0.1, 0.15) is 136 Å². The normalized spacial score (nSPS) is 14.7. The summed E-state index contributed by atoms with van der Waals surface area (Å²) >= 11 is 0. The number of hydrogen-bond acceptors (Lipinski definition) is 9. The Morgan fingerprint density at radius 1 is 0.720 bits per heavy atom. The number of nitrogens with two attached hydrogens (primary N) is 1. The summed E-state index contributed by atoms with van der Waals surface area (Å²) in [7, 11) is -4.40. The number of phosphoric ester groups is 1. The van der Waals surface area contributed by atoms with E-state index in [0.717, 1.165) is 38.5 Å². The van der Waals surface area contributed by atoms with Crippen molar-refractivity contribution in [3.63, 3.8) is 0 Å². The van der Waals surface area contributed by atoms with E-state index in [4.69, 9.17) is 24.3 Å². The first-order valence-corrected chi connectivity index (χ1v) is 20.4. The molecule has 10 nitrogen and oxygen atoms in total. The molecule has 0 heterocycles. The van der Waals surface area contributed by atoms with Gasteiger partial charge in [0, 0.05) is 19.4 Å². The van der Waals surface area contributed by atoms with Crippen molar-refractivity contribution in [2.45, 2.75) is 148 Å². The van der Waals surface area contributed by atoms with E-state index in [1.165, 1.54) is 51.4 Å². The van der Waals surface area contributed by atoms with Gasteiger partial charge in [0.2, 0.25) is 0 Å². The molecule has 0 amide bonds. The van der Waals surface area contributed by atoms with Crippen molar-refractivity contribution in [1.29, 1.82) is 0 Å². The molecule has 0 aromatic heterocycles. The van der Waals surface area contributed by atoms with E-state index in [9.17, 15) is 24.2 Å². The summed E-state index contributed by atoms with van der Waals surface area (Å²) < 4.78 is 32.5. The van der Waals surface area contributed by atoms with Crippen LogP contribution in [0.15, 0.2) is 60.8 Å². The van der Waals surface area contributed by atoms with E-state index in [0.29, 0.717) is 19.3 Å². The van der Waals surface area contributed by atoms with Gasteiger partial charge in [-0.2, -0.15) is 0 Å². The van der Waals surface area contributed by atoms with Crippen LogP contribution in [0.4, 0.5) is 0 Å². The standard InChI is InChI=1S/C39H68NO9P/c1-3-5-7-8-9-10-13-17-20-23-26-30-38(42)46-34-37(35-48-50(44,45)47-33-32-40)49-39(43)31-27-24-21-18-15-12-11-14-16-19-22-25-29-36(41)28-6-4-2/h6,11-12,16,18-19,21-22,25,28,36-37,41H,3-5,7-10,13-15,17,20,23-24,26-27,29-35,40H2,1-2H3,(H,44,45)/b12-11-,19-16-,21-18-,25-22+,28-6-/t36?,37-/m1/s1. The van der Waals surface area contributed by atoms with Crippen LogP contribution in [0.2, 0.25) is 0 Å². The van der Waals surface area contributed by atoms with Crippen LogP contribution >= 0.6 is 7.82 Å². The maximum Gasteiger partial charge on any atom is 0.472 e. The number of esters is 2. The third-order valence-electron chi connectivity index (χ3n) is 7.49. The largest absolute Gasteiger partial charge is 0.472 e. The molecule has 4 N–H and O–H groups in total. The maximum absolute atomic E-state index is 12.5. The summed E-state index contributed by atoms with van der Waals surface area (Å²) in [6, 6.07) is 0. The Hall–Kier alpha value is -2.33. The van der Waals surface area contributed by atoms with Crippen molar-refractivity contribution in [2.24, 2.45) is 5.73 Å². The summed E-state index contributed by atoms with van der Waals surface area (Å²) in [5.41, 5.74) is 5.32. The van der Waals surface area contributed by atoms with Crippen molar-refractivity contribution in [2.75, 3.05) is 26.4 Å². The molecule has 0 aliphatic carbocycles. The lowest BCUT2D eigenvalue weighted by atomic mass is 10.1. The van der Waals surface area contributed by atoms with Gasteiger partial charge >= 0.3 is 19.8 Å². The quantitative estimate of drug-likeness (QED) is 0.0192. The first-order valence-electron chi connectivity index (χ1n) is 18.9. The first-order chi connectivity index (χ1) is 24.2. The molecule has 0 fully saturated rings. The van der Waals surface area contributed by atoms with Gasteiger partial charge in [-0.25, -0.2) is 4.57 Å². The Morgan fingerprint density at radius 3 is 1.98 bits per heavy atom. The minimum absolute atomic E-state index is 0.0354. The van der Waals surface area contributed by atoms with Crippen LogP contribution < -0.4 is 5.73 Å². The van der Waals surface area contributed by atoms with E-state index in [1.807, 2.05) is 55.5 Å². The lowest BCUT2D eigenvalue weighted by Crippen LogP contribution is -2.29. The predicted molar refractivity (Wildman–Crippen MR) is 202 cm³/mol. The Balaban J connectivity index is 4.39. The third-order valence-corrected chi connectivity index (χ3v) is 8.48. The summed E-state index contributed by atoms with van der Waals surface area (Å²) in [6.07, 6.45) is 36.0. The topological polar surface area (TPSA) is 155 Å². The van der Waals surface area contributed by atoms with Gasteiger partial charge in [-0.3, -0.25) is 18.6 Å². The van der Waals surface area contributed by atoms with Gasteiger partial charge in [-0.1, -0.05) is 139 Å². The zero-order chi connectivity index (χ0) is 37.0. The highest BCUT2D eigenvalue weighted by Gasteiger charge is 2.25. The number of allylic oxidation sites excluding steroid dienone is 8. The van der Waals surface area contributed by atoms with E-state index >= 15 is 0 Å². The van der Waals surface area contributed by atoms with Crippen LogP contribution in [0.25, 0.3) is 0 Å². The third kappa shape index (κ3) is 34.1. The molecule has 0 spiro atoms. The molecular weight excluding hydrogens is 657 g/mol. The van der Waals surface area contributed by atoms with Crippen LogP contribution in [0.3, 0.4) is 0 Å². The zero-order valence-corrected chi connectivity index (χ0v) is 31.9. The second kappa shape index (κ2) is 35.1. The molecule has 0 rings (SSSR count). The fraction of sp³-hybridized carbons (Fsp3) is 0.692. The second-order valence-corrected chi connectivity index (χ2v) is 13.7. The molecule has 0 saturated heterocycles. The molecule has 2 unspecified atom stereocenters.